The summed E-state index contributed by atoms with van der Waals surface area (Å²) in [5, 5.41) is 0. The van der Waals surface area contributed by atoms with Gasteiger partial charge in [-0.05, 0) is 55.6 Å². The average Bonchev–Trinajstić information content (AvgIpc) is 3.11. The largest absolute Gasteiger partial charge is 0.342 e. The number of nitrogens with one attached hydrogen (secondary N) is 1. The smallest absolute Gasteiger partial charge is 0.236 e. The van der Waals surface area contributed by atoms with Gasteiger partial charge in [0.2, 0.25) is 5.91 Å². The third-order valence-electron chi connectivity index (χ3n) is 5.40. The van der Waals surface area contributed by atoms with E-state index in [1.807, 2.05) is 42.3 Å². The molecule has 0 radical (unpaired) electrons. The van der Waals surface area contributed by atoms with Crippen molar-refractivity contribution in [3.05, 3.63) is 60.2 Å². The van der Waals surface area contributed by atoms with Crippen LogP contribution in [-0.2, 0) is 17.8 Å². The van der Waals surface area contributed by atoms with Gasteiger partial charge in [0.25, 0.3) is 0 Å². The number of amides is 1. The van der Waals surface area contributed by atoms with Crippen molar-refractivity contribution >= 4 is 16.9 Å². The first-order valence-electron chi connectivity index (χ1n) is 9.96. The van der Waals surface area contributed by atoms with Crippen LogP contribution in [0.3, 0.4) is 0 Å². The Balaban J connectivity index is 1.31. The van der Waals surface area contributed by atoms with Crippen LogP contribution in [0.25, 0.3) is 11.0 Å². The Morgan fingerprint density at radius 1 is 1.25 bits per heavy atom. The van der Waals surface area contributed by atoms with Crippen molar-refractivity contribution in [2.45, 2.75) is 25.8 Å². The summed E-state index contributed by atoms with van der Waals surface area (Å²) in [7, 11) is 1.99. The molecule has 2 aromatic heterocycles. The van der Waals surface area contributed by atoms with E-state index in [2.05, 4.69) is 20.9 Å². The van der Waals surface area contributed by atoms with Crippen LogP contribution < -0.4 is 0 Å². The highest BCUT2D eigenvalue weighted by molar-refractivity contribution is 5.78. The van der Waals surface area contributed by atoms with Gasteiger partial charge in [0.1, 0.15) is 5.82 Å². The topological polar surface area (TPSA) is 65.1 Å². The van der Waals surface area contributed by atoms with Gasteiger partial charge in [-0.15, -0.1) is 0 Å². The second kappa shape index (κ2) is 8.52. The van der Waals surface area contributed by atoms with Gasteiger partial charge >= 0.3 is 0 Å². The fraction of sp³-hybridized carbons (Fsp3) is 0.409. The predicted octanol–water partition coefficient (Wildman–Crippen LogP) is 2.87. The maximum absolute atomic E-state index is 12.8. The zero-order chi connectivity index (χ0) is 19.3. The molecule has 1 fully saturated rings. The van der Waals surface area contributed by atoms with Crippen molar-refractivity contribution in [1.29, 1.82) is 0 Å². The van der Waals surface area contributed by atoms with Gasteiger partial charge in [-0.25, -0.2) is 4.98 Å². The number of carbonyl (C=O) groups is 1. The molecule has 6 nitrogen and oxygen atoms in total. The molecule has 0 spiro atoms. The summed E-state index contributed by atoms with van der Waals surface area (Å²) < 4.78 is 0. The third-order valence-corrected chi connectivity index (χ3v) is 5.40. The number of hydrogen-bond donors (Lipinski definition) is 1. The summed E-state index contributed by atoms with van der Waals surface area (Å²) in [6.07, 6.45) is 6.68. The van der Waals surface area contributed by atoms with Crippen LogP contribution in [0, 0.1) is 5.92 Å². The normalized spacial score (nSPS) is 17.4. The number of fused-ring (bicyclic) bond motifs is 1. The molecular weight excluding hydrogens is 350 g/mol. The summed E-state index contributed by atoms with van der Waals surface area (Å²) in [5.74, 6) is 1.70. The number of carbonyl (C=O) groups excluding carboxylic acids is 1. The number of benzene rings is 1. The molecule has 1 amide bonds. The molecule has 28 heavy (non-hydrogen) atoms. The fourth-order valence-corrected chi connectivity index (χ4v) is 4.02. The number of hydrogen-bond acceptors (Lipinski definition) is 4. The van der Waals surface area contributed by atoms with Gasteiger partial charge in [0, 0.05) is 38.4 Å². The second-order valence-corrected chi connectivity index (χ2v) is 7.78. The minimum atomic E-state index is 0.214. The summed E-state index contributed by atoms with van der Waals surface area (Å²) >= 11 is 0. The van der Waals surface area contributed by atoms with Crippen molar-refractivity contribution in [3.8, 4) is 0 Å². The lowest BCUT2D eigenvalue weighted by Crippen LogP contribution is -2.44. The predicted molar refractivity (Wildman–Crippen MR) is 110 cm³/mol. The van der Waals surface area contributed by atoms with Crippen molar-refractivity contribution in [3.63, 3.8) is 0 Å². The maximum Gasteiger partial charge on any atom is 0.236 e. The van der Waals surface area contributed by atoms with Crippen LogP contribution in [-0.4, -0.2) is 57.3 Å². The molecular formula is C22H27N5O. The van der Waals surface area contributed by atoms with E-state index in [0.29, 0.717) is 12.5 Å². The van der Waals surface area contributed by atoms with E-state index < -0.39 is 0 Å². The van der Waals surface area contributed by atoms with Gasteiger partial charge < -0.3 is 9.88 Å². The number of nitrogens with zero attached hydrogens (tertiary/aromatic N) is 4. The van der Waals surface area contributed by atoms with E-state index >= 15 is 0 Å². The number of rotatable bonds is 6. The number of likely N-dealkylation sites (N-methyl/N-ethyl adjacent to an activating group) is 1. The quantitative estimate of drug-likeness (QED) is 0.717. The molecule has 1 unspecified atom stereocenters. The zero-order valence-corrected chi connectivity index (χ0v) is 16.3. The van der Waals surface area contributed by atoms with Gasteiger partial charge in [-0.3, -0.25) is 14.7 Å². The Labute approximate surface area is 165 Å². The number of likely N-dealkylation sites (tertiary alicyclic amines) is 1. The zero-order valence-electron chi connectivity index (χ0n) is 16.3. The molecule has 0 aliphatic carbocycles. The maximum atomic E-state index is 12.8. The highest BCUT2D eigenvalue weighted by Crippen LogP contribution is 2.21. The third kappa shape index (κ3) is 4.57. The van der Waals surface area contributed by atoms with Crippen LogP contribution >= 0.6 is 0 Å². The lowest BCUT2D eigenvalue weighted by atomic mass is 9.94. The molecule has 3 aromatic rings. The van der Waals surface area contributed by atoms with E-state index in [9.17, 15) is 4.79 Å². The summed E-state index contributed by atoms with van der Waals surface area (Å²) in [6.45, 7) is 2.88. The molecule has 3 heterocycles. The summed E-state index contributed by atoms with van der Waals surface area (Å²) in [4.78, 5) is 29.0. The number of imidazole rings is 1. The molecule has 1 N–H and O–H groups in total. The van der Waals surface area contributed by atoms with E-state index in [-0.39, 0.29) is 5.91 Å². The summed E-state index contributed by atoms with van der Waals surface area (Å²) in [5.41, 5.74) is 3.27. The molecule has 1 aliphatic rings. The lowest BCUT2D eigenvalue weighted by molar-refractivity contribution is -0.134. The molecule has 1 saturated heterocycles. The first-order chi connectivity index (χ1) is 13.7. The molecule has 1 aromatic carbocycles. The number of piperidine rings is 1. The van der Waals surface area contributed by atoms with Crippen molar-refractivity contribution < 1.29 is 4.79 Å². The lowest BCUT2D eigenvalue weighted by Gasteiger charge is -2.33. The second-order valence-electron chi connectivity index (χ2n) is 7.78. The van der Waals surface area contributed by atoms with Crippen molar-refractivity contribution in [2.75, 3.05) is 26.7 Å². The SMILES string of the molecule is CN(CC(=O)N1CCCC(Cc2nc3ccccc3[nH]2)C1)Cc1ccncc1. The van der Waals surface area contributed by atoms with Crippen molar-refractivity contribution in [2.24, 2.45) is 5.92 Å². The highest BCUT2D eigenvalue weighted by Gasteiger charge is 2.25. The van der Waals surface area contributed by atoms with Gasteiger partial charge in [-0.2, -0.15) is 0 Å². The Bertz CT molecular complexity index is 890. The first-order valence-corrected chi connectivity index (χ1v) is 9.96. The van der Waals surface area contributed by atoms with Crippen LogP contribution in [0.4, 0.5) is 0 Å². The van der Waals surface area contributed by atoms with Gasteiger partial charge in [0.15, 0.2) is 0 Å². The van der Waals surface area contributed by atoms with E-state index in [4.69, 9.17) is 4.98 Å². The van der Waals surface area contributed by atoms with E-state index in [0.717, 1.165) is 55.8 Å². The van der Waals surface area contributed by atoms with Crippen molar-refractivity contribution in [1.82, 2.24) is 24.8 Å². The van der Waals surface area contributed by atoms with Crippen LogP contribution in [0.2, 0.25) is 0 Å². The summed E-state index contributed by atoms with van der Waals surface area (Å²) in [6, 6.07) is 12.1. The Hall–Kier alpha value is -2.73. The number of pyridine rings is 1. The van der Waals surface area contributed by atoms with Gasteiger partial charge in [-0.1, -0.05) is 12.1 Å². The molecule has 4 rings (SSSR count). The minimum absolute atomic E-state index is 0.214. The molecule has 0 bridgehead atoms. The minimum Gasteiger partial charge on any atom is -0.342 e. The van der Waals surface area contributed by atoms with Crippen LogP contribution in [0.5, 0.6) is 0 Å². The van der Waals surface area contributed by atoms with Crippen LogP contribution in [0.15, 0.2) is 48.8 Å². The highest BCUT2D eigenvalue weighted by atomic mass is 16.2. The van der Waals surface area contributed by atoms with E-state index in [1.165, 1.54) is 5.56 Å². The molecule has 1 atom stereocenters. The standard InChI is InChI=1S/C22H27N5O/c1-26(14-17-8-10-23-11-9-17)16-22(28)27-12-4-5-18(15-27)13-21-24-19-6-2-3-7-20(19)25-21/h2-3,6-11,18H,4-5,12-16H2,1H3,(H,24,25). The molecule has 0 saturated carbocycles. The fourth-order valence-electron chi connectivity index (χ4n) is 4.02. The number of aromatic amines is 1. The Kier molecular flexibility index (Phi) is 5.67. The number of para-hydroxylation sites is 2. The van der Waals surface area contributed by atoms with Gasteiger partial charge in [0.05, 0.1) is 17.6 Å². The van der Waals surface area contributed by atoms with Crippen LogP contribution in [0.1, 0.15) is 24.2 Å². The molecule has 6 heteroatoms. The Morgan fingerprint density at radius 3 is 2.89 bits per heavy atom. The molecule has 1 aliphatic heterocycles. The van der Waals surface area contributed by atoms with E-state index in [1.54, 1.807) is 12.4 Å². The number of H-pyrrole nitrogens is 1. The average molecular weight is 377 g/mol. The molecule has 146 valence electrons. The number of aromatic nitrogens is 3. The Morgan fingerprint density at radius 2 is 2.07 bits per heavy atom. The monoisotopic (exact) mass is 377 g/mol. The first kappa shape index (κ1) is 18.6.